The summed E-state index contributed by atoms with van der Waals surface area (Å²) in [5, 5.41) is 2.05. The van der Waals surface area contributed by atoms with Gasteiger partial charge in [-0.3, -0.25) is 5.32 Å². The number of nitrogens with one attached hydrogen (secondary N) is 1. The first-order chi connectivity index (χ1) is 9.67. The second kappa shape index (κ2) is 4.95. The predicted molar refractivity (Wildman–Crippen MR) is 66.9 cm³/mol. The molecule has 1 aromatic rings. The third kappa shape index (κ3) is 2.53. The maximum absolute atomic E-state index is 13.9. The van der Waals surface area contributed by atoms with E-state index in [9.17, 15) is 22.4 Å². The Morgan fingerprint density at radius 3 is 2.57 bits per heavy atom. The highest BCUT2D eigenvalue weighted by Gasteiger charge is 2.63. The predicted octanol–water partition coefficient (Wildman–Crippen LogP) is 3.80. The Hall–Kier alpha value is -2.23. The second-order valence-corrected chi connectivity index (χ2v) is 4.78. The van der Waals surface area contributed by atoms with E-state index in [1.807, 2.05) is 11.2 Å². The molecule has 1 atom stereocenters. The number of alkyl halides is 3. The highest BCUT2D eigenvalue weighted by molar-refractivity contribution is 5.89. The summed E-state index contributed by atoms with van der Waals surface area (Å²) in [6.45, 7) is 3.14. The van der Waals surface area contributed by atoms with Crippen LogP contribution in [0, 0.1) is 23.6 Å². The number of rotatable bonds is 0. The number of fused-ring (bicyclic) bond motifs is 1. The Morgan fingerprint density at radius 2 is 2.00 bits per heavy atom. The normalized spacial score (nSPS) is 21.0. The zero-order valence-corrected chi connectivity index (χ0v) is 11.1. The molecular formula is C14H11F4NO2. The van der Waals surface area contributed by atoms with Gasteiger partial charge < -0.3 is 4.74 Å². The van der Waals surface area contributed by atoms with Gasteiger partial charge in [0, 0.05) is 5.92 Å². The van der Waals surface area contributed by atoms with Gasteiger partial charge in [-0.05, 0) is 18.1 Å². The van der Waals surface area contributed by atoms with E-state index in [1.165, 1.54) is 6.07 Å². The summed E-state index contributed by atoms with van der Waals surface area (Å²) >= 11 is 0. The lowest BCUT2D eigenvalue weighted by Crippen LogP contribution is -2.50. The molecule has 0 bridgehead atoms. The number of hydrogen-bond donors (Lipinski definition) is 1. The molecule has 0 spiro atoms. The lowest BCUT2D eigenvalue weighted by atomic mass is 9.89. The number of ether oxygens (including phenoxy) is 1. The van der Waals surface area contributed by atoms with Gasteiger partial charge in [-0.2, -0.15) is 13.2 Å². The molecule has 0 aromatic heterocycles. The summed E-state index contributed by atoms with van der Waals surface area (Å²) in [7, 11) is 0. The average molecular weight is 301 g/mol. The summed E-state index contributed by atoms with van der Waals surface area (Å²) in [5.74, 6) is 2.65. The monoisotopic (exact) mass is 301 g/mol. The van der Waals surface area contributed by atoms with Crippen molar-refractivity contribution in [1.29, 1.82) is 0 Å². The highest BCUT2D eigenvalue weighted by Crippen LogP contribution is 2.48. The van der Waals surface area contributed by atoms with Crippen molar-refractivity contribution in [2.24, 2.45) is 5.92 Å². The van der Waals surface area contributed by atoms with Crippen LogP contribution >= 0.6 is 0 Å². The van der Waals surface area contributed by atoms with Crippen LogP contribution < -0.4 is 5.32 Å². The van der Waals surface area contributed by atoms with Crippen LogP contribution in [0.4, 0.5) is 28.0 Å². The molecule has 0 fully saturated rings. The van der Waals surface area contributed by atoms with Gasteiger partial charge in [-0.25, -0.2) is 9.18 Å². The average Bonchev–Trinajstić information content (AvgIpc) is 2.34. The van der Waals surface area contributed by atoms with E-state index in [4.69, 9.17) is 0 Å². The number of carbonyl (C=O) groups excluding carboxylic acids is 1. The molecule has 2 rings (SSSR count). The molecule has 1 aromatic carbocycles. The quantitative estimate of drug-likeness (QED) is 0.584. The van der Waals surface area contributed by atoms with Crippen LogP contribution in [0.1, 0.15) is 19.4 Å². The molecule has 0 saturated heterocycles. The maximum Gasteiger partial charge on any atom is 0.445 e. The number of cyclic esters (lactones) is 1. The van der Waals surface area contributed by atoms with Crippen molar-refractivity contribution in [2.45, 2.75) is 25.6 Å². The van der Waals surface area contributed by atoms with E-state index in [0.717, 1.165) is 12.1 Å². The molecule has 0 aliphatic carbocycles. The number of benzene rings is 1. The van der Waals surface area contributed by atoms with Crippen molar-refractivity contribution < 1.29 is 27.1 Å². The van der Waals surface area contributed by atoms with Crippen LogP contribution in [0.15, 0.2) is 18.2 Å². The molecular weight excluding hydrogens is 290 g/mol. The van der Waals surface area contributed by atoms with Crippen LogP contribution in [0.5, 0.6) is 0 Å². The topological polar surface area (TPSA) is 38.3 Å². The molecule has 1 heterocycles. The molecule has 0 radical (unpaired) electrons. The number of hydrogen-bond acceptors (Lipinski definition) is 2. The zero-order valence-electron chi connectivity index (χ0n) is 11.1. The van der Waals surface area contributed by atoms with E-state index in [-0.39, 0.29) is 5.69 Å². The molecule has 1 amide bonds. The lowest BCUT2D eigenvalue weighted by Gasteiger charge is -2.35. The van der Waals surface area contributed by atoms with Gasteiger partial charge in [0.1, 0.15) is 5.82 Å². The summed E-state index contributed by atoms with van der Waals surface area (Å²) in [4.78, 5) is 11.4. The summed E-state index contributed by atoms with van der Waals surface area (Å²) in [5.41, 5.74) is -4.44. The molecule has 112 valence electrons. The van der Waals surface area contributed by atoms with E-state index in [2.05, 4.69) is 10.7 Å². The second-order valence-electron chi connectivity index (χ2n) is 4.78. The van der Waals surface area contributed by atoms with E-state index < -0.39 is 35.2 Å². The van der Waals surface area contributed by atoms with Crippen LogP contribution in [0.25, 0.3) is 0 Å². The first-order valence-corrected chi connectivity index (χ1v) is 6.06. The Bertz CT molecular complexity index is 643. The highest BCUT2D eigenvalue weighted by atomic mass is 19.4. The van der Waals surface area contributed by atoms with Crippen molar-refractivity contribution in [3.63, 3.8) is 0 Å². The minimum absolute atomic E-state index is 0.304. The van der Waals surface area contributed by atoms with Crippen molar-refractivity contribution in [2.75, 3.05) is 5.32 Å². The summed E-state index contributed by atoms with van der Waals surface area (Å²) < 4.78 is 58.9. The molecule has 7 heteroatoms. The van der Waals surface area contributed by atoms with Gasteiger partial charge in [0.15, 0.2) is 0 Å². The number of amides is 1. The largest absolute Gasteiger partial charge is 0.445 e. The van der Waals surface area contributed by atoms with Gasteiger partial charge >= 0.3 is 12.3 Å². The summed E-state index contributed by atoms with van der Waals surface area (Å²) in [6.07, 6.45) is -6.41. The van der Waals surface area contributed by atoms with Crippen LogP contribution in [0.3, 0.4) is 0 Å². The molecule has 1 aliphatic rings. The Labute approximate surface area is 118 Å². The van der Waals surface area contributed by atoms with Crippen LogP contribution in [-0.4, -0.2) is 12.3 Å². The Kier molecular flexibility index (Phi) is 3.58. The van der Waals surface area contributed by atoms with Gasteiger partial charge in [0.05, 0.1) is 11.3 Å². The summed E-state index contributed by atoms with van der Waals surface area (Å²) in [6, 6.07) is 3.21. The fourth-order valence-corrected chi connectivity index (χ4v) is 1.92. The lowest BCUT2D eigenvalue weighted by molar-refractivity contribution is -0.240. The molecule has 21 heavy (non-hydrogen) atoms. The van der Waals surface area contributed by atoms with Gasteiger partial charge in [0.25, 0.3) is 5.60 Å². The van der Waals surface area contributed by atoms with Crippen molar-refractivity contribution >= 4 is 11.8 Å². The van der Waals surface area contributed by atoms with Gasteiger partial charge in [0.2, 0.25) is 0 Å². The third-order valence-electron chi connectivity index (χ3n) is 2.78. The molecule has 1 N–H and O–H groups in total. The van der Waals surface area contributed by atoms with Crippen molar-refractivity contribution in [3.8, 4) is 11.8 Å². The van der Waals surface area contributed by atoms with Gasteiger partial charge in [-0.1, -0.05) is 25.8 Å². The fraction of sp³-hybridized carbons (Fsp3) is 0.357. The Balaban J connectivity index is 2.79. The molecule has 0 unspecified atom stereocenters. The van der Waals surface area contributed by atoms with Crippen molar-refractivity contribution in [1.82, 2.24) is 0 Å². The minimum Gasteiger partial charge on any atom is -0.415 e. The third-order valence-corrected chi connectivity index (χ3v) is 2.78. The van der Waals surface area contributed by atoms with Crippen LogP contribution in [-0.2, 0) is 10.3 Å². The van der Waals surface area contributed by atoms with E-state index in [0.29, 0.717) is 0 Å². The first kappa shape index (κ1) is 15.2. The maximum atomic E-state index is 13.9. The first-order valence-electron chi connectivity index (χ1n) is 6.06. The number of carbonyl (C=O) groups is 1. The van der Waals surface area contributed by atoms with E-state index in [1.54, 1.807) is 13.8 Å². The molecule has 0 saturated carbocycles. The SMILES string of the molecule is CC(C)C#C[C@]1(C(F)(F)F)OC(=O)Nc2cccc(F)c21. The molecule has 1 aliphatic heterocycles. The van der Waals surface area contributed by atoms with Crippen LogP contribution in [0.2, 0.25) is 0 Å². The Morgan fingerprint density at radius 1 is 1.33 bits per heavy atom. The number of anilines is 1. The van der Waals surface area contributed by atoms with E-state index >= 15 is 0 Å². The smallest absolute Gasteiger partial charge is 0.415 e. The zero-order chi connectivity index (χ0) is 15.8. The number of halogens is 4. The minimum atomic E-state index is -5.08. The molecule has 3 nitrogen and oxygen atoms in total. The standard InChI is InChI=1S/C14H11F4NO2/c1-8(2)6-7-13(14(16,17)18)11-9(15)4-3-5-10(11)19-12(20)21-13/h3-5,8H,1-2H3,(H,19,20)/t13-/m0/s1. The van der Waals surface area contributed by atoms with Crippen molar-refractivity contribution in [3.05, 3.63) is 29.6 Å². The van der Waals surface area contributed by atoms with Gasteiger partial charge in [-0.15, -0.1) is 0 Å². The fourth-order valence-electron chi connectivity index (χ4n) is 1.92.